The number of aliphatic hydroxyl groups excluding tert-OH is 1. The highest BCUT2D eigenvalue weighted by Gasteiger charge is 1.99. The Morgan fingerprint density at radius 1 is 1.60 bits per heavy atom. The van der Waals surface area contributed by atoms with Crippen LogP contribution in [0, 0.1) is 18.8 Å². The van der Waals surface area contributed by atoms with Gasteiger partial charge in [-0.15, -0.1) is 0 Å². The molecule has 15 heavy (non-hydrogen) atoms. The van der Waals surface area contributed by atoms with E-state index < -0.39 is 6.03 Å². The first kappa shape index (κ1) is 11.1. The third-order valence-corrected chi connectivity index (χ3v) is 1.80. The summed E-state index contributed by atoms with van der Waals surface area (Å²) in [6, 6.07) is 4.65. The average molecular weight is 204 g/mol. The van der Waals surface area contributed by atoms with Gasteiger partial charge in [-0.1, -0.05) is 11.8 Å². The summed E-state index contributed by atoms with van der Waals surface area (Å²) >= 11 is 0. The minimum Gasteiger partial charge on any atom is -0.384 e. The van der Waals surface area contributed by atoms with E-state index in [2.05, 4.69) is 17.2 Å². The molecule has 0 heterocycles. The second-order valence-corrected chi connectivity index (χ2v) is 2.98. The Hall–Kier alpha value is -1.99. The second-order valence-electron chi connectivity index (χ2n) is 2.98. The molecule has 1 aromatic rings. The molecule has 4 N–H and O–H groups in total. The Labute approximate surface area is 88.1 Å². The number of carbonyl (C=O) groups is 1. The van der Waals surface area contributed by atoms with Gasteiger partial charge in [0.15, 0.2) is 0 Å². The predicted octanol–water partition coefficient (Wildman–Crippen LogP) is 0.829. The molecule has 0 fully saturated rings. The lowest BCUT2D eigenvalue weighted by atomic mass is 10.1. The van der Waals surface area contributed by atoms with Gasteiger partial charge in [0.25, 0.3) is 0 Å². The molecule has 0 atom stereocenters. The van der Waals surface area contributed by atoms with Crippen molar-refractivity contribution in [2.24, 2.45) is 5.73 Å². The largest absolute Gasteiger partial charge is 0.384 e. The van der Waals surface area contributed by atoms with Gasteiger partial charge in [0.1, 0.15) is 6.61 Å². The van der Waals surface area contributed by atoms with Crippen molar-refractivity contribution in [3.8, 4) is 11.8 Å². The van der Waals surface area contributed by atoms with Crippen LogP contribution in [0.5, 0.6) is 0 Å². The monoisotopic (exact) mass is 204 g/mol. The number of hydrogen-bond acceptors (Lipinski definition) is 2. The minimum absolute atomic E-state index is 0.166. The second kappa shape index (κ2) is 5.03. The quantitative estimate of drug-likeness (QED) is 0.593. The van der Waals surface area contributed by atoms with Gasteiger partial charge >= 0.3 is 6.03 Å². The van der Waals surface area contributed by atoms with E-state index in [9.17, 15) is 4.79 Å². The normalized spacial score (nSPS) is 8.93. The summed E-state index contributed by atoms with van der Waals surface area (Å²) in [6.07, 6.45) is 0. The van der Waals surface area contributed by atoms with E-state index in [1.165, 1.54) is 0 Å². The highest BCUT2D eigenvalue weighted by atomic mass is 16.2. The van der Waals surface area contributed by atoms with Gasteiger partial charge in [-0.2, -0.15) is 0 Å². The highest BCUT2D eigenvalue weighted by molar-refractivity contribution is 5.87. The van der Waals surface area contributed by atoms with Crippen LogP contribution in [-0.4, -0.2) is 17.7 Å². The summed E-state index contributed by atoms with van der Waals surface area (Å²) in [5.74, 6) is 5.36. The predicted molar refractivity (Wildman–Crippen MR) is 58.3 cm³/mol. The number of amides is 2. The fourth-order valence-electron chi connectivity index (χ4n) is 1.16. The van der Waals surface area contributed by atoms with Crippen molar-refractivity contribution in [1.82, 2.24) is 0 Å². The van der Waals surface area contributed by atoms with Gasteiger partial charge in [0, 0.05) is 11.3 Å². The average Bonchev–Trinajstić information content (AvgIpc) is 2.15. The number of nitrogens with two attached hydrogens (primary N) is 1. The van der Waals surface area contributed by atoms with Crippen molar-refractivity contribution in [3.05, 3.63) is 29.3 Å². The molecule has 0 aliphatic rings. The Balaban J connectivity index is 2.92. The van der Waals surface area contributed by atoms with E-state index in [0.29, 0.717) is 5.69 Å². The lowest BCUT2D eigenvalue weighted by Gasteiger charge is -2.04. The van der Waals surface area contributed by atoms with Crippen LogP contribution < -0.4 is 11.1 Å². The zero-order valence-corrected chi connectivity index (χ0v) is 8.37. The van der Waals surface area contributed by atoms with E-state index in [1.54, 1.807) is 18.2 Å². The third-order valence-electron chi connectivity index (χ3n) is 1.80. The van der Waals surface area contributed by atoms with Crippen LogP contribution in [0.4, 0.5) is 10.5 Å². The maximum Gasteiger partial charge on any atom is 0.316 e. The number of urea groups is 1. The number of aliphatic hydroxyl groups is 1. The minimum atomic E-state index is -0.594. The number of carbonyl (C=O) groups excluding carboxylic acids is 1. The van der Waals surface area contributed by atoms with E-state index in [1.807, 2.05) is 6.92 Å². The standard InChI is InChI=1S/C11H12N2O2/c1-8-7-10(13-11(12)15)5-4-9(8)3-2-6-14/h4-5,7,14H,6H2,1H3,(H3,12,13,15). The Kier molecular flexibility index (Phi) is 3.72. The number of nitrogens with one attached hydrogen (secondary N) is 1. The van der Waals surface area contributed by atoms with Crippen LogP contribution in [0.3, 0.4) is 0 Å². The van der Waals surface area contributed by atoms with Gasteiger partial charge in [-0.3, -0.25) is 0 Å². The SMILES string of the molecule is Cc1cc(NC(N)=O)ccc1C#CCO. The van der Waals surface area contributed by atoms with Crippen LogP contribution in [0.1, 0.15) is 11.1 Å². The fourth-order valence-corrected chi connectivity index (χ4v) is 1.16. The van der Waals surface area contributed by atoms with Crippen molar-refractivity contribution in [2.45, 2.75) is 6.92 Å². The molecule has 0 unspecified atom stereocenters. The van der Waals surface area contributed by atoms with Crippen molar-refractivity contribution >= 4 is 11.7 Å². The number of aryl methyl sites for hydroxylation is 1. The number of primary amides is 1. The maximum atomic E-state index is 10.6. The first-order valence-corrected chi connectivity index (χ1v) is 4.40. The van der Waals surface area contributed by atoms with Crippen molar-refractivity contribution in [3.63, 3.8) is 0 Å². The Morgan fingerprint density at radius 2 is 2.33 bits per heavy atom. The Bertz CT molecular complexity index is 430. The lowest BCUT2D eigenvalue weighted by molar-refractivity contribution is 0.259. The zero-order chi connectivity index (χ0) is 11.3. The van der Waals surface area contributed by atoms with E-state index in [4.69, 9.17) is 10.8 Å². The molecular weight excluding hydrogens is 192 g/mol. The smallest absolute Gasteiger partial charge is 0.316 e. The molecule has 1 rings (SSSR count). The first-order valence-electron chi connectivity index (χ1n) is 4.40. The van der Waals surface area contributed by atoms with Crippen LogP contribution in [-0.2, 0) is 0 Å². The number of rotatable bonds is 1. The van der Waals surface area contributed by atoms with Crippen LogP contribution in [0.2, 0.25) is 0 Å². The summed E-state index contributed by atoms with van der Waals surface area (Å²) in [5.41, 5.74) is 7.35. The maximum absolute atomic E-state index is 10.6. The van der Waals surface area contributed by atoms with Crippen LogP contribution in [0.15, 0.2) is 18.2 Å². The zero-order valence-electron chi connectivity index (χ0n) is 8.37. The summed E-state index contributed by atoms with van der Waals surface area (Å²) in [5, 5.41) is 11.0. The van der Waals surface area contributed by atoms with Crippen molar-refractivity contribution < 1.29 is 9.90 Å². The molecule has 0 radical (unpaired) electrons. The fraction of sp³-hybridized carbons (Fsp3) is 0.182. The van der Waals surface area contributed by atoms with E-state index >= 15 is 0 Å². The molecule has 0 aromatic heterocycles. The van der Waals surface area contributed by atoms with Crippen LogP contribution >= 0.6 is 0 Å². The summed E-state index contributed by atoms with van der Waals surface area (Å²) < 4.78 is 0. The molecule has 0 bridgehead atoms. The lowest BCUT2D eigenvalue weighted by Crippen LogP contribution is -2.19. The van der Waals surface area contributed by atoms with E-state index in [0.717, 1.165) is 11.1 Å². The molecule has 4 heteroatoms. The molecule has 0 saturated heterocycles. The third kappa shape index (κ3) is 3.33. The molecule has 78 valence electrons. The van der Waals surface area contributed by atoms with E-state index in [-0.39, 0.29) is 6.61 Å². The topological polar surface area (TPSA) is 75.3 Å². The summed E-state index contributed by atoms with van der Waals surface area (Å²) in [7, 11) is 0. The van der Waals surface area contributed by atoms with Gasteiger partial charge in [0.05, 0.1) is 0 Å². The molecule has 0 saturated carbocycles. The van der Waals surface area contributed by atoms with Crippen LogP contribution in [0.25, 0.3) is 0 Å². The number of hydrogen-bond donors (Lipinski definition) is 3. The first-order chi connectivity index (χ1) is 7.13. The molecule has 2 amide bonds. The number of benzene rings is 1. The summed E-state index contributed by atoms with van der Waals surface area (Å²) in [6.45, 7) is 1.70. The van der Waals surface area contributed by atoms with Crippen molar-refractivity contribution in [2.75, 3.05) is 11.9 Å². The van der Waals surface area contributed by atoms with Gasteiger partial charge in [-0.05, 0) is 30.7 Å². The molecule has 0 aliphatic heterocycles. The van der Waals surface area contributed by atoms with Crippen molar-refractivity contribution in [1.29, 1.82) is 0 Å². The van der Waals surface area contributed by atoms with Gasteiger partial charge in [0.2, 0.25) is 0 Å². The summed E-state index contributed by atoms with van der Waals surface area (Å²) in [4.78, 5) is 10.6. The molecular formula is C11H12N2O2. The molecule has 0 aliphatic carbocycles. The van der Waals surface area contributed by atoms with Gasteiger partial charge in [-0.25, -0.2) is 4.79 Å². The number of anilines is 1. The highest BCUT2D eigenvalue weighted by Crippen LogP contribution is 2.13. The van der Waals surface area contributed by atoms with Gasteiger partial charge < -0.3 is 16.2 Å². The Morgan fingerprint density at radius 3 is 2.87 bits per heavy atom. The molecule has 4 nitrogen and oxygen atoms in total. The molecule has 0 spiro atoms. The molecule has 1 aromatic carbocycles.